The Hall–Kier alpha value is -2.47. The summed E-state index contributed by atoms with van der Waals surface area (Å²) in [5.74, 6) is 0.346. The Labute approximate surface area is 157 Å². The van der Waals surface area contributed by atoms with Crippen molar-refractivity contribution in [1.29, 1.82) is 0 Å². The smallest absolute Gasteiger partial charge is 0.349 e. The molecule has 0 bridgehead atoms. The molecular formula is C20H22N2O3S. The van der Waals surface area contributed by atoms with E-state index in [-0.39, 0.29) is 11.9 Å². The molecule has 0 saturated carbocycles. The van der Waals surface area contributed by atoms with E-state index in [1.165, 1.54) is 16.9 Å². The first-order chi connectivity index (χ1) is 12.5. The van der Waals surface area contributed by atoms with Crippen LogP contribution in [0.15, 0.2) is 34.7 Å². The molecule has 1 unspecified atom stereocenters. The van der Waals surface area contributed by atoms with Crippen LogP contribution in [0.25, 0.3) is 11.5 Å². The Bertz CT molecular complexity index is 896. The standard InChI is InChI=1S/C20H22N2O3S/c1-5-6-16-11-17(26-14(16)4)20(23)24-13(3)18-21-22-19(25-18)15-9-7-12(2)8-10-15/h7-11,13H,5-6H2,1-4H3. The molecule has 0 saturated heterocycles. The zero-order valence-electron chi connectivity index (χ0n) is 15.4. The van der Waals surface area contributed by atoms with Crippen LogP contribution < -0.4 is 0 Å². The van der Waals surface area contributed by atoms with Crippen molar-refractivity contribution >= 4 is 17.3 Å². The van der Waals surface area contributed by atoms with Gasteiger partial charge in [0, 0.05) is 10.4 Å². The van der Waals surface area contributed by atoms with E-state index >= 15 is 0 Å². The predicted octanol–water partition coefficient (Wildman–Crippen LogP) is 5.29. The van der Waals surface area contributed by atoms with Crippen LogP contribution in [0.4, 0.5) is 0 Å². The number of esters is 1. The minimum Gasteiger partial charge on any atom is -0.448 e. The Balaban J connectivity index is 1.70. The van der Waals surface area contributed by atoms with E-state index in [1.54, 1.807) is 6.92 Å². The molecule has 136 valence electrons. The molecular weight excluding hydrogens is 348 g/mol. The van der Waals surface area contributed by atoms with Gasteiger partial charge in [-0.15, -0.1) is 21.5 Å². The summed E-state index contributed by atoms with van der Waals surface area (Å²) in [5.41, 5.74) is 3.20. The average molecular weight is 370 g/mol. The molecule has 0 aliphatic rings. The van der Waals surface area contributed by atoms with Gasteiger partial charge < -0.3 is 9.15 Å². The number of nitrogens with zero attached hydrogens (tertiary/aromatic N) is 2. The minimum atomic E-state index is -0.605. The first-order valence-electron chi connectivity index (χ1n) is 8.68. The van der Waals surface area contributed by atoms with Gasteiger partial charge in [-0.2, -0.15) is 0 Å². The highest BCUT2D eigenvalue weighted by molar-refractivity contribution is 7.14. The third-order valence-corrected chi connectivity index (χ3v) is 5.18. The molecule has 0 fully saturated rings. The molecule has 26 heavy (non-hydrogen) atoms. The van der Waals surface area contributed by atoms with Crippen LogP contribution in [0.5, 0.6) is 0 Å². The van der Waals surface area contributed by atoms with Crippen molar-refractivity contribution < 1.29 is 13.9 Å². The number of aryl methyl sites for hydroxylation is 3. The van der Waals surface area contributed by atoms with Crippen molar-refractivity contribution in [3.63, 3.8) is 0 Å². The Kier molecular flexibility index (Phi) is 5.52. The third-order valence-electron chi connectivity index (χ3n) is 4.11. The number of carbonyl (C=O) groups is 1. The zero-order chi connectivity index (χ0) is 18.7. The highest BCUT2D eigenvalue weighted by atomic mass is 32.1. The number of thiophene rings is 1. The average Bonchev–Trinajstić information content (AvgIpc) is 3.24. The lowest BCUT2D eigenvalue weighted by atomic mass is 10.1. The number of hydrogen-bond donors (Lipinski definition) is 0. The van der Waals surface area contributed by atoms with Crippen molar-refractivity contribution in [2.24, 2.45) is 0 Å². The van der Waals surface area contributed by atoms with Crippen LogP contribution in [-0.4, -0.2) is 16.2 Å². The van der Waals surface area contributed by atoms with E-state index in [1.807, 2.05) is 44.2 Å². The third kappa shape index (κ3) is 4.02. The number of hydrogen-bond acceptors (Lipinski definition) is 6. The zero-order valence-corrected chi connectivity index (χ0v) is 16.2. The summed E-state index contributed by atoms with van der Waals surface area (Å²) < 4.78 is 11.2. The van der Waals surface area contributed by atoms with Crippen molar-refractivity contribution in [3.8, 4) is 11.5 Å². The number of benzene rings is 1. The van der Waals surface area contributed by atoms with Crippen molar-refractivity contribution in [2.75, 3.05) is 0 Å². The maximum atomic E-state index is 12.4. The molecule has 3 aromatic rings. The largest absolute Gasteiger partial charge is 0.448 e. The van der Waals surface area contributed by atoms with E-state index in [0.717, 1.165) is 28.8 Å². The highest BCUT2D eigenvalue weighted by Gasteiger charge is 2.21. The lowest BCUT2D eigenvalue weighted by Gasteiger charge is -2.07. The molecule has 0 N–H and O–H groups in total. The summed E-state index contributed by atoms with van der Waals surface area (Å²) >= 11 is 1.46. The monoisotopic (exact) mass is 370 g/mol. The SMILES string of the molecule is CCCc1cc(C(=O)OC(C)c2nnc(-c3ccc(C)cc3)o2)sc1C. The van der Waals surface area contributed by atoms with Gasteiger partial charge >= 0.3 is 5.97 Å². The Morgan fingerprint density at radius 3 is 2.65 bits per heavy atom. The molecule has 1 atom stereocenters. The van der Waals surface area contributed by atoms with E-state index in [0.29, 0.717) is 10.8 Å². The summed E-state index contributed by atoms with van der Waals surface area (Å²) in [6, 6.07) is 9.73. The van der Waals surface area contributed by atoms with Crippen molar-refractivity contribution in [2.45, 2.75) is 46.6 Å². The van der Waals surface area contributed by atoms with Crippen LogP contribution in [0.1, 0.15) is 57.9 Å². The lowest BCUT2D eigenvalue weighted by molar-refractivity contribution is 0.0285. The minimum absolute atomic E-state index is 0.288. The Morgan fingerprint density at radius 1 is 1.23 bits per heavy atom. The van der Waals surface area contributed by atoms with Crippen LogP contribution in [0.3, 0.4) is 0 Å². The summed E-state index contributed by atoms with van der Waals surface area (Å²) in [6.45, 7) is 7.90. The van der Waals surface area contributed by atoms with Crippen LogP contribution in [0.2, 0.25) is 0 Å². The second-order valence-electron chi connectivity index (χ2n) is 6.30. The van der Waals surface area contributed by atoms with E-state index in [9.17, 15) is 4.79 Å². The van der Waals surface area contributed by atoms with Gasteiger partial charge in [-0.1, -0.05) is 31.0 Å². The molecule has 0 aliphatic heterocycles. The van der Waals surface area contributed by atoms with Gasteiger partial charge in [0.15, 0.2) is 6.10 Å². The van der Waals surface area contributed by atoms with Gasteiger partial charge in [0.2, 0.25) is 5.89 Å². The number of rotatable bonds is 6. The molecule has 5 nitrogen and oxygen atoms in total. The first-order valence-corrected chi connectivity index (χ1v) is 9.50. The number of aromatic nitrogens is 2. The van der Waals surface area contributed by atoms with E-state index in [4.69, 9.17) is 9.15 Å². The van der Waals surface area contributed by atoms with Crippen molar-refractivity contribution in [1.82, 2.24) is 10.2 Å². The van der Waals surface area contributed by atoms with Crippen LogP contribution in [0, 0.1) is 13.8 Å². The molecule has 0 amide bonds. The summed E-state index contributed by atoms with van der Waals surface area (Å²) in [7, 11) is 0. The molecule has 2 heterocycles. The molecule has 3 rings (SSSR count). The molecule has 0 radical (unpaired) electrons. The van der Waals surface area contributed by atoms with E-state index in [2.05, 4.69) is 17.1 Å². The topological polar surface area (TPSA) is 65.2 Å². The second-order valence-corrected chi connectivity index (χ2v) is 7.56. The predicted molar refractivity (Wildman–Crippen MR) is 101 cm³/mol. The highest BCUT2D eigenvalue weighted by Crippen LogP contribution is 2.27. The summed E-state index contributed by atoms with van der Waals surface area (Å²) in [4.78, 5) is 14.2. The van der Waals surface area contributed by atoms with Crippen LogP contribution in [-0.2, 0) is 11.2 Å². The van der Waals surface area contributed by atoms with Gasteiger partial charge in [-0.05, 0) is 51.0 Å². The maximum Gasteiger partial charge on any atom is 0.349 e. The fraction of sp³-hybridized carbons (Fsp3) is 0.350. The number of ether oxygens (including phenoxy) is 1. The van der Waals surface area contributed by atoms with E-state index < -0.39 is 6.10 Å². The van der Waals surface area contributed by atoms with Gasteiger partial charge in [-0.25, -0.2) is 4.79 Å². The molecule has 6 heteroatoms. The second kappa shape index (κ2) is 7.83. The van der Waals surface area contributed by atoms with Crippen LogP contribution >= 0.6 is 11.3 Å². The summed E-state index contributed by atoms with van der Waals surface area (Å²) in [5, 5.41) is 8.08. The Morgan fingerprint density at radius 2 is 1.96 bits per heavy atom. The molecule has 0 aliphatic carbocycles. The fourth-order valence-electron chi connectivity index (χ4n) is 2.62. The van der Waals surface area contributed by atoms with Gasteiger partial charge in [-0.3, -0.25) is 0 Å². The quantitative estimate of drug-likeness (QED) is 0.552. The van der Waals surface area contributed by atoms with Gasteiger partial charge in [0.25, 0.3) is 5.89 Å². The number of carbonyl (C=O) groups excluding carboxylic acids is 1. The van der Waals surface area contributed by atoms with Gasteiger partial charge in [0.1, 0.15) is 4.88 Å². The van der Waals surface area contributed by atoms with Crippen molar-refractivity contribution in [3.05, 3.63) is 57.1 Å². The molecule has 1 aromatic carbocycles. The normalized spacial score (nSPS) is 12.2. The summed E-state index contributed by atoms with van der Waals surface area (Å²) in [6.07, 6.45) is 1.41. The molecule has 2 aromatic heterocycles. The molecule has 0 spiro atoms. The lowest BCUT2D eigenvalue weighted by Crippen LogP contribution is -2.08. The van der Waals surface area contributed by atoms with Gasteiger partial charge in [0.05, 0.1) is 0 Å². The first kappa shape index (κ1) is 18.3. The fourth-order valence-corrected chi connectivity index (χ4v) is 3.57. The maximum absolute atomic E-state index is 12.4.